The van der Waals surface area contributed by atoms with Crippen LogP contribution in [0.5, 0.6) is 5.75 Å². The van der Waals surface area contributed by atoms with Crippen molar-refractivity contribution in [3.8, 4) is 5.75 Å². The summed E-state index contributed by atoms with van der Waals surface area (Å²) in [6, 6.07) is 3.65. The van der Waals surface area contributed by atoms with Crippen molar-refractivity contribution in [1.29, 1.82) is 0 Å². The molecule has 0 radical (unpaired) electrons. The monoisotopic (exact) mass is 466 g/mol. The molecule has 0 bridgehead atoms. The van der Waals surface area contributed by atoms with Crippen LogP contribution in [0.15, 0.2) is 24.3 Å². The van der Waals surface area contributed by atoms with Gasteiger partial charge in [-0.2, -0.15) is 8.42 Å². The zero-order valence-corrected chi connectivity index (χ0v) is 18.2. The lowest BCUT2D eigenvalue weighted by Crippen LogP contribution is -2.55. The van der Waals surface area contributed by atoms with E-state index in [1.165, 1.54) is 4.90 Å². The Morgan fingerprint density at radius 3 is 2.23 bits per heavy atom. The summed E-state index contributed by atoms with van der Waals surface area (Å²) in [6.45, 7) is 5.53. The Bertz CT molecular complexity index is 923. The lowest BCUT2D eigenvalue weighted by Gasteiger charge is -2.39. The third-order valence-electron chi connectivity index (χ3n) is 5.20. The molecule has 0 aromatic heterocycles. The van der Waals surface area contributed by atoms with Gasteiger partial charge < -0.3 is 14.4 Å². The summed E-state index contributed by atoms with van der Waals surface area (Å²) in [5.41, 5.74) is -1.86. The highest BCUT2D eigenvalue weighted by atomic mass is 32.2. The molecule has 1 atom stereocenters. The summed E-state index contributed by atoms with van der Waals surface area (Å²) in [7, 11) is -4.79. The number of nitrogens with zero attached hydrogens (tertiary/aromatic N) is 2. The van der Waals surface area contributed by atoms with E-state index in [0.717, 1.165) is 28.6 Å². The molecule has 0 spiro atoms. The summed E-state index contributed by atoms with van der Waals surface area (Å²) in [5, 5.41) is 0. The Labute approximate surface area is 178 Å². The van der Waals surface area contributed by atoms with Crippen molar-refractivity contribution < 1.29 is 40.4 Å². The van der Waals surface area contributed by atoms with Gasteiger partial charge >= 0.3 is 22.8 Å². The summed E-state index contributed by atoms with van der Waals surface area (Å²) in [6.07, 6.45) is -3.59. The van der Waals surface area contributed by atoms with Gasteiger partial charge in [-0.25, -0.2) is 9.10 Å². The molecular weight excluding hydrogens is 441 g/mol. The van der Waals surface area contributed by atoms with E-state index in [9.17, 15) is 30.9 Å². The summed E-state index contributed by atoms with van der Waals surface area (Å²) < 4.78 is 81.9. The van der Waals surface area contributed by atoms with Crippen LogP contribution >= 0.6 is 0 Å². The lowest BCUT2D eigenvalue weighted by molar-refractivity contribution is -0.274. The second kappa shape index (κ2) is 7.73. The maximum Gasteiger partial charge on any atom is 0.573 e. The molecule has 2 aliphatic rings. The number of anilines is 1. The van der Waals surface area contributed by atoms with Gasteiger partial charge in [-0.05, 0) is 70.7 Å². The predicted octanol–water partition coefficient (Wildman–Crippen LogP) is 4.13. The van der Waals surface area contributed by atoms with Crippen LogP contribution in [0, 0.1) is 0 Å². The second-order valence-electron chi connectivity index (χ2n) is 8.72. The molecule has 2 fully saturated rings. The first-order valence-corrected chi connectivity index (χ1v) is 11.2. The highest BCUT2D eigenvalue weighted by Crippen LogP contribution is 2.52. The van der Waals surface area contributed by atoms with E-state index >= 15 is 0 Å². The fourth-order valence-corrected chi connectivity index (χ4v) is 5.22. The van der Waals surface area contributed by atoms with Crippen LogP contribution in [0.4, 0.5) is 23.7 Å². The van der Waals surface area contributed by atoms with Crippen LogP contribution in [0.1, 0.15) is 46.5 Å². The molecule has 1 N–H and O–H groups in total. The Balaban J connectivity index is 1.91. The standard InChI is InChI=1S/C19H25F3N2O6S/c1-17(2,3)30-16(25)23-12-4-5-15(23)18(10-11-18)24(31(26,27)28)13-6-8-14(9-7-13)29-19(20,21)22/h6-9,15H,4-5,10-12H2,1-3H3,(H,26,27,28). The number of alkyl halides is 3. The van der Waals surface area contributed by atoms with Gasteiger partial charge in [-0.15, -0.1) is 13.2 Å². The molecule has 1 saturated heterocycles. The van der Waals surface area contributed by atoms with Gasteiger partial charge in [-0.3, -0.25) is 4.55 Å². The highest BCUT2D eigenvalue weighted by Gasteiger charge is 2.61. The molecule has 1 saturated carbocycles. The van der Waals surface area contributed by atoms with Crippen molar-refractivity contribution in [2.24, 2.45) is 0 Å². The van der Waals surface area contributed by atoms with Gasteiger partial charge in [-0.1, -0.05) is 0 Å². The molecule has 1 aromatic carbocycles. The average molecular weight is 466 g/mol. The first-order valence-electron chi connectivity index (χ1n) is 9.76. The van der Waals surface area contributed by atoms with Crippen molar-refractivity contribution in [1.82, 2.24) is 4.90 Å². The third-order valence-corrected chi connectivity index (χ3v) is 6.24. The number of ether oxygens (including phenoxy) is 2. The molecule has 1 heterocycles. The molecule has 1 aromatic rings. The zero-order chi connectivity index (χ0) is 23.2. The maximum atomic E-state index is 12.7. The molecule has 8 nitrogen and oxygen atoms in total. The summed E-state index contributed by atoms with van der Waals surface area (Å²) in [4.78, 5) is 14.2. The van der Waals surface area contributed by atoms with E-state index in [-0.39, 0.29) is 5.69 Å². The normalized spacial score (nSPS) is 21.0. The van der Waals surface area contributed by atoms with Crippen LogP contribution in [0.3, 0.4) is 0 Å². The van der Waals surface area contributed by atoms with E-state index in [1.807, 2.05) is 0 Å². The van der Waals surface area contributed by atoms with Gasteiger partial charge in [0.2, 0.25) is 0 Å². The van der Waals surface area contributed by atoms with E-state index in [4.69, 9.17) is 4.74 Å². The van der Waals surface area contributed by atoms with E-state index in [2.05, 4.69) is 4.74 Å². The van der Waals surface area contributed by atoms with Crippen molar-refractivity contribution >= 4 is 22.1 Å². The quantitative estimate of drug-likeness (QED) is 0.656. The average Bonchev–Trinajstić information content (AvgIpc) is 3.18. The zero-order valence-electron chi connectivity index (χ0n) is 17.3. The predicted molar refractivity (Wildman–Crippen MR) is 105 cm³/mol. The number of rotatable bonds is 5. The largest absolute Gasteiger partial charge is 0.573 e. The first kappa shape index (κ1) is 23.5. The maximum absolute atomic E-state index is 12.7. The molecular formula is C19H25F3N2O6S. The fourth-order valence-electron chi connectivity index (χ4n) is 4.07. The molecule has 3 rings (SSSR count). The number of hydrogen-bond donors (Lipinski definition) is 1. The second-order valence-corrected chi connectivity index (χ2v) is 9.98. The van der Waals surface area contributed by atoms with Crippen molar-refractivity contribution in [3.05, 3.63) is 24.3 Å². The third kappa shape index (κ3) is 5.35. The molecule has 174 valence electrons. The number of amides is 1. The van der Waals surface area contributed by atoms with Crippen LogP contribution in [0.2, 0.25) is 0 Å². The minimum atomic E-state index is -4.89. The number of carbonyl (C=O) groups excluding carboxylic acids is 1. The lowest BCUT2D eigenvalue weighted by atomic mass is 10.0. The Morgan fingerprint density at radius 2 is 1.77 bits per heavy atom. The molecule has 1 amide bonds. The van der Waals surface area contributed by atoms with Crippen LogP contribution in [0.25, 0.3) is 0 Å². The van der Waals surface area contributed by atoms with E-state index < -0.39 is 45.7 Å². The Hall–Kier alpha value is -2.21. The minimum absolute atomic E-state index is 0.0226. The highest BCUT2D eigenvalue weighted by molar-refractivity contribution is 7.87. The number of hydrogen-bond acceptors (Lipinski definition) is 5. The topological polar surface area (TPSA) is 96.4 Å². The SMILES string of the molecule is CC(C)(C)OC(=O)N1CCCC1C1(N(c2ccc(OC(F)(F)F)cc2)S(=O)(=O)O)CC1. The van der Waals surface area contributed by atoms with Crippen molar-refractivity contribution in [2.45, 2.75) is 70.0 Å². The van der Waals surface area contributed by atoms with Crippen molar-refractivity contribution in [3.63, 3.8) is 0 Å². The summed E-state index contributed by atoms with van der Waals surface area (Å²) >= 11 is 0. The van der Waals surface area contributed by atoms with E-state index in [1.54, 1.807) is 20.8 Å². The van der Waals surface area contributed by atoms with Gasteiger partial charge in [0.15, 0.2) is 0 Å². The van der Waals surface area contributed by atoms with Gasteiger partial charge in [0.25, 0.3) is 0 Å². The molecule has 1 unspecified atom stereocenters. The first-order chi connectivity index (χ1) is 14.1. The Morgan fingerprint density at radius 1 is 1.19 bits per heavy atom. The smallest absolute Gasteiger partial charge is 0.444 e. The van der Waals surface area contributed by atoms with E-state index in [0.29, 0.717) is 32.2 Å². The molecule has 12 heteroatoms. The molecule has 1 aliphatic heterocycles. The summed E-state index contributed by atoms with van der Waals surface area (Å²) in [5.74, 6) is -0.521. The fraction of sp³-hybridized carbons (Fsp3) is 0.632. The number of benzene rings is 1. The Kier molecular flexibility index (Phi) is 5.85. The van der Waals surface area contributed by atoms with Gasteiger partial charge in [0.05, 0.1) is 17.3 Å². The number of likely N-dealkylation sites (tertiary alicyclic amines) is 1. The molecule has 1 aliphatic carbocycles. The van der Waals surface area contributed by atoms with Crippen LogP contribution in [-0.2, 0) is 15.0 Å². The minimum Gasteiger partial charge on any atom is -0.444 e. The van der Waals surface area contributed by atoms with Crippen LogP contribution in [-0.4, -0.2) is 54.1 Å². The van der Waals surface area contributed by atoms with Gasteiger partial charge in [0.1, 0.15) is 11.4 Å². The number of halogens is 3. The van der Waals surface area contributed by atoms with Crippen LogP contribution < -0.4 is 9.04 Å². The number of carbonyl (C=O) groups is 1. The van der Waals surface area contributed by atoms with Gasteiger partial charge in [0, 0.05) is 6.54 Å². The molecule has 31 heavy (non-hydrogen) atoms. The van der Waals surface area contributed by atoms with Crippen molar-refractivity contribution in [2.75, 3.05) is 10.8 Å².